The highest BCUT2D eigenvalue weighted by molar-refractivity contribution is 6.34. The average Bonchev–Trinajstić information content (AvgIpc) is 2.76. The highest BCUT2D eigenvalue weighted by Gasteiger charge is 2.26. The molecule has 1 aromatic rings. The van der Waals surface area contributed by atoms with Crippen LogP contribution in [0.25, 0.3) is 0 Å². The van der Waals surface area contributed by atoms with Crippen molar-refractivity contribution in [3.63, 3.8) is 0 Å². The van der Waals surface area contributed by atoms with Crippen LogP contribution in [-0.2, 0) is 4.74 Å². The summed E-state index contributed by atoms with van der Waals surface area (Å²) in [6, 6.07) is 5.20. The van der Waals surface area contributed by atoms with E-state index in [1.807, 2.05) is 0 Å². The molecule has 0 heterocycles. The zero-order valence-electron chi connectivity index (χ0n) is 10.3. The van der Waals surface area contributed by atoms with Crippen molar-refractivity contribution < 1.29 is 9.53 Å². The molecule has 0 spiro atoms. The third kappa shape index (κ3) is 2.76. The molecule has 2 atom stereocenters. The minimum absolute atomic E-state index is 0.137. The fourth-order valence-corrected chi connectivity index (χ4v) is 2.59. The van der Waals surface area contributed by atoms with Crippen LogP contribution in [0, 0.1) is 0 Å². The third-order valence-corrected chi connectivity index (χ3v) is 3.64. The van der Waals surface area contributed by atoms with Crippen molar-refractivity contribution in [2.75, 3.05) is 12.8 Å². The SMILES string of the molecule is COC1CCC(NC(=O)c2c(N)cccc2Cl)C1. The molecule has 1 fully saturated rings. The van der Waals surface area contributed by atoms with Crippen molar-refractivity contribution in [2.24, 2.45) is 0 Å². The topological polar surface area (TPSA) is 64.3 Å². The van der Waals surface area contributed by atoms with Gasteiger partial charge in [-0.1, -0.05) is 17.7 Å². The molecule has 4 nitrogen and oxygen atoms in total. The van der Waals surface area contributed by atoms with E-state index in [2.05, 4.69) is 5.32 Å². The number of halogens is 1. The molecule has 2 rings (SSSR count). The van der Waals surface area contributed by atoms with E-state index in [1.54, 1.807) is 25.3 Å². The zero-order valence-corrected chi connectivity index (χ0v) is 11.0. The van der Waals surface area contributed by atoms with Gasteiger partial charge in [-0.15, -0.1) is 0 Å². The molecule has 0 aromatic heterocycles. The number of carbonyl (C=O) groups is 1. The molecular weight excluding hydrogens is 252 g/mol. The van der Waals surface area contributed by atoms with Crippen LogP contribution in [0.4, 0.5) is 5.69 Å². The minimum atomic E-state index is -0.208. The van der Waals surface area contributed by atoms with Crippen LogP contribution in [0.5, 0.6) is 0 Å². The number of anilines is 1. The van der Waals surface area contributed by atoms with E-state index < -0.39 is 0 Å². The van der Waals surface area contributed by atoms with Crippen molar-refractivity contribution in [3.8, 4) is 0 Å². The molecular formula is C13H17ClN2O2. The Morgan fingerprint density at radius 3 is 2.89 bits per heavy atom. The van der Waals surface area contributed by atoms with Crippen molar-refractivity contribution in [1.82, 2.24) is 5.32 Å². The molecule has 1 aliphatic carbocycles. The molecule has 0 radical (unpaired) electrons. The summed E-state index contributed by atoms with van der Waals surface area (Å²) in [5, 5.41) is 3.34. The number of nitrogens with one attached hydrogen (secondary N) is 1. The minimum Gasteiger partial charge on any atom is -0.398 e. The lowest BCUT2D eigenvalue weighted by molar-refractivity contribution is 0.0916. The Kier molecular flexibility index (Phi) is 4.09. The molecule has 2 unspecified atom stereocenters. The Bertz CT molecular complexity index is 430. The van der Waals surface area contributed by atoms with Gasteiger partial charge in [-0.25, -0.2) is 0 Å². The van der Waals surface area contributed by atoms with Gasteiger partial charge in [0.05, 0.1) is 16.7 Å². The standard InChI is InChI=1S/C13H17ClN2O2/c1-18-9-6-5-8(7-9)16-13(17)12-10(14)3-2-4-11(12)15/h2-4,8-9H,5-7,15H2,1H3,(H,16,17). The van der Waals surface area contributed by atoms with Crippen LogP contribution in [0.3, 0.4) is 0 Å². The van der Waals surface area contributed by atoms with Crippen molar-refractivity contribution in [3.05, 3.63) is 28.8 Å². The highest BCUT2D eigenvalue weighted by Crippen LogP contribution is 2.25. The Hall–Kier alpha value is -1.26. The lowest BCUT2D eigenvalue weighted by Gasteiger charge is -2.14. The summed E-state index contributed by atoms with van der Waals surface area (Å²) < 4.78 is 5.27. The molecule has 0 aliphatic heterocycles. The molecule has 1 amide bonds. The monoisotopic (exact) mass is 268 g/mol. The van der Waals surface area contributed by atoms with Crippen LogP contribution in [0.15, 0.2) is 18.2 Å². The molecule has 5 heteroatoms. The van der Waals surface area contributed by atoms with Crippen LogP contribution in [0.2, 0.25) is 5.02 Å². The van der Waals surface area contributed by atoms with E-state index in [0.29, 0.717) is 16.3 Å². The molecule has 3 N–H and O–H groups in total. The molecule has 18 heavy (non-hydrogen) atoms. The zero-order chi connectivity index (χ0) is 13.1. The van der Waals surface area contributed by atoms with Gasteiger partial charge < -0.3 is 15.8 Å². The van der Waals surface area contributed by atoms with E-state index in [4.69, 9.17) is 22.1 Å². The number of nitrogen functional groups attached to an aromatic ring is 1. The van der Waals surface area contributed by atoms with Crippen LogP contribution in [-0.4, -0.2) is 25.2 Å². The normalized spacial score (nSPS) is 23.0. The molecule has 1 aromatic carbocycles. The van der Waals surface area contributed by atoms with Gasteiger partial charge in [0.2, 0.25) is 0 Å². The summed E-state index contributed by atoms with van der Waals surface area (Å²) in [6.45, 7) is 0. The van der Waals surface area contributed by atoms with Gasteiger partial charge in [0.15, 0.2) is 0 Å². The van der Waals surface area contributed by atoms with Gasteiger partial charge in [-0.05, 0) is 31.4 Å². The largest absolute Gasteiger partial charge is 0.398 e. The maximum atomic E-state index is 12.1. The van der Waals surface area contributed by atoms with Gasteiger partial charge in [-0.3, -0.25) is 4.79 Å². The number of hydrogen-bond donors (Lipinski definition) is 2. The number of nitrogens with two attached hydrogens (primary N) is 1. The summed E-state index contributed by atoms with van der Waals surface area (Å²) in [5.74, 6) is -0.208. The van der Waals surface area contributed by atoms with E-state index in [9.17, 15) is 4.79 Å². The maximum Gasteiger partial charge on any atom is 0.255 e. The first-order chi connectivity index (χ1) is 8.61. The maximum absolute atomic E-state index is 12.1. The summed E-state index contributed by atoms with van der Waals surface area (Å²) >= 11 is 6.00. The Morgan fingerprint density at radius 1 is 1.50 bits per heavy atom. The highest BCUT2D eigenvalue weighted by atomic mass is 35.5. The second kappa shape index (κ2) is 5.59. The fraction of sp³-hybridized carbons (Fsp3) is 0.462. The van der Waals surface area contributed by atoms with E-state index in [0.717, 1.165) is 19.3 Å². The van der Waals surface area contributed by atoms with E-state index in [-0.39, 0.29) is 18.1 Å². The van der Waals surface area contributed by atoms with E-state index in [1.165, 1.54) is 0 Å². The number of amides is 1. The lowest BCUT2D eigenvalue weighted by atomic mass is 10.1. The fourth-order valence-electron chi connectivity index (χ4n) is 2.32. The number of carbonyl (C=O) groups excluding carboxylic acids is 1. The number of hydrogen-bond acceptors (Lipinski definition) is 3. The lowest BCUT2D eigenvalue weighted by Crippen LogP contribution is -2.34. The van der Waals surface area contributed by atoms with Gasteiger partial charge in [0.1, 0.15) is 0 Å². The molecule has 1 saturated carbocycles. The quantitative estimate of drug-likeness (QED) is 0.826. The van der Waals surface area contributed by atoms with Crippen molar-refractivity contribution in [2.45, 2.75) is 31.4 Å². The first-order valence-corrected chi connectivity index (χ1v) is 6.37. The van der Waals surface area contributed by atoms with Gasteiger partial charge in [-0.2, -0.15) is 0 Å². The van der Waals surface area contributed by atoms with Crippen LogP contribution < -0.4 is 11.1 Å². The summed E-state index contributed by atoms with van der Waals surface area (Å²) in [4.78, 5) is 12.1. The van der Waals surface area contributed by atoms with Crippen molar-refractivity contribution in [1.29, 1.82) is 0 Å². The second-order valence-corrected chi connectivity index (χ2v) is 4.95. The predicted molar refractivity (Wildman–Crippen MR) is 71.8 cm³/mol. The first kappa shape index (κ1) is 13.2. The smallest absolute Gasteiger partial charge is 0.255 e. The average molecular weight is 269 g/mol. The van der Waals surface area contributed by atoms with Gasteiger partial charge in [0.25, 0.3) is 5.91 Å². The number of rotatable bonds is 3. The van der Waals surface area contributed by atoms with Gasteiger partial charge >= 0.3 is 0 Å². The molecule has 98 valence electrons. The molecule has 0 bridgehead atoms. The van der Waals surface area contributed by atoms with Crippen LogP contribution >= 0.6 is 11.6 Å². The Balaban J connectivity index is 2.04. The third-order valence-electron chi connectivity index (χ3n) is 3.33. The number of benzene rings is 1. The van der Waals surface area contributed by atoms with Crippen LogP contribution in [0.1, 0.15) is 29.6 Å². The number of methoxy groups -OCH3 is 1. The number of ether oxygens (including phenoxy) is 1. The summed E-state index contributed by atoms with van der Waals surface area (Å²) in [5.41, 5.74) is 6.55. The van der Waals surface area contributed by atoms with Crippen molar-refractivity contribution >= 4 is 23.2 Å². The summed E-state index contributed by atoms with van der Waals surface area (Å²) in [7, 11) is 1.70. The van der Waals surface area contributed by atoms with Gasteiger partial charge in [0, 0.05) is 18.8 Å². The van der Waals surface area contributed by atoms with E-state index >= 15 is 0 Å². The Labute approximate surface area is 111 Å². The predicted octanol–water partition coefficient (Wildman–Crippen LogP) is 2.22. The summed E-state index contributed by atoms with van der Waals surface area (Å²) in [6.07, 6.45) is 2.97. The Morgan fingerprint density at radius 2 is 2.28 bits per heavy atom. The second-order valence-electron chi connectivity index (χ2n) is 4.55. The molecule has 1 aliphatic rings. The molecule has 0 saturated heterocycles. The first-order valence-electron chi connectivity index (χ1n) is 5.99.